The molecule has 0 aliphatic carbocycles. The maximum absolute atomic E-state index is 4.19. The SMILES string of the molecule is SCc1cc2ccccc2[nH]1. The maximum atomic E-state index is 4.19. The van der Waals surface area contributed by atoms with Crippen LogP contribution in [0.1, 0.15) is 5.69 Å². The van der Waals surface area contributed by atoms with Gasteiger partial charge in [0.05, 0.1) is 0 Å². The Morgan fingerprint density at radius 1 is 1.27 bits per heavy atom. The van der Waals surface area contributed by atoms with Crippen LogP contribution in [0.4, 0.5) is 0 Å². The van der Waals surface area contributed by atoms with Crippen molar-refractivity contribution >= 4 is 23.5 Å². The van der Waals surface area contributed by atoms with E-state index in [1.165, 1.54) is 16.6 Å². The fraction of sp³-hybridized carbons (Fsp3) is 0.111. The lowest BCUT2D eigenvalue weighted by Crippen LogP contribution is -1.72. The number of H-pyrrole nitrogens is 1. The van der Waals surface area contributed by atoms with Crippen LogP contribution in [-0.2, 0) is 5.75 Å². The number of aromatic amines is 1. The van der Waals surface area contributed by atoms with Gasteiger partial charge in [-0.15, -0.1) is 0 Å². The maximum Gasteiger partial charge on any atom is 0.0456 e. The van der Waals surface area contributed by atoms with Crippen molar-refractivity contribution in [3.8, 4) is 0 Å². The van der Waals surface area contributed by atoms with E-state index >= 15 is 0 Å². The van der Waals surface area contributed by atoms with Crippen LogP contribution in [0.5, 0.6) is 0 Å². The number of rotatable bonds is 1. The van der Waals surface area contributed by atoms with Gasteiger partial charge in [-0.1, -0.05) is 18.2 Å². The molecule has 2 heteroatoms. The van der Waals surface area contributed by atoms with Gasteiger partial charge < -0.3 is 4.98 Å². The van der Waals surface area contributed by atoms with Gasteiger partial charge in [0.2, 0.25) is 0 Å². The summed E-state index contributed by atoms with van der Waals surface area (Å²) in [6, 6.07) is 10.4. The first-order chi connectivity index (χ1) is 5.40. The van der Waals surface area contributed by atoms with Gasteiger partial charge in [0.15, 0.2) is 0 Å². The number of thiol groups is 1. The lowest BCUT2D eigenvalue weighted by atomic mass is 10.2. The summed E-state index contributed by atoms with van der Waals surface area (Å²) < 4.78 is 0. The van der Waals surface area contributed by atoms with E-state index in [0.29, 0.717) is 0 Å². The van der Waals surface area contributed by atoms with E-state index in [0.717, 1.165) is 5.75 Å². The minimum Gasteiger partial charge on any atom is -0.358 e. The number of hydrogen-bond donors (Lipinski definition) is 2. The van der Waals surface area contributed by atoms with Crippen molar-refractivity contribution in [2.24, 2.45) is 0 Å². The van der Waals surface area contributed by atoms with Gasteiger partial charge >= 0.3 is 0 Å². The van der Waals surface area contributed by atoms with E-state index in [1.807, 2.05) is 12.1 Å². The Labute approximate surface area is 70.8 Å². The third-order valence-electron chi connectivity index (χ3n) is 1.76. The molecule has 0 saturated carbocycles. The summed E-state index contributed by atoms with van der Waals surface area (Å²) in [4.78, 5) is 3.27. The lowest BCUT2D eigenvalue weighted by molar-refractivity contribution is 1.27. The van der Waals surface area contributed by atoms with Crippen molar-refractivity contribution in [1.29, 1.82) is 0 Å². The molecule has 56 valence electrons. The van der Waals surface area contributed by atoms with E-state index in [2.05, 4.69) is 35.8 Å². The number of hydrogen-bond acceptors (Lipinski definition) is 1. The summed E-state index contributed by atoms with van der Waals surface area (Å²) >= 11 is 4.19. The highest BCUT2D eigenvalue weighted by atomic mass is 32.1. The quantitative estimate of drug-likeness (QED) is 0.601. The van der Waals surface area contributed by atoms with Crippen LogP contribution in [-0.4, -0.2) is 4.98 Å². The Morgan fingerprint density at radius 3 is 2.82 bits per heavy atom. The van der Waals surface area contributed by atoms with Crippen molar-refractivity contribution in [1.82, 2.24) is 4.98 Å². The Hall–Kier alpha value is -0.890. The highest BCUT2D eigenvalue weighted by molar-refractivity contribution is 7.79. The molecule has 0 aliphatic rings. The average molecular weight is 163 g/mol. The lowest BCUT2D eigenvalue weighted by Gasteiger charge is -1.84. The number of nitrogens with one attached hydrogen (secondary N) is 1. The topological polar surface area (TPSA) is 15.8 Å². The second kappa shape index (κ2) is 2.62. The van der Waals surface area contributed by atoms with Crippen molar-refractivity contribution in [2.75, 3.05) is 0 Å². The fourth-order valence-corrected chi connectivity index (χ4v) is 1.39. The second-order valence-corrected chi connectivity index (χ2v) is 2.86. The van der Waals surface area contributed by atoms with Crippen LogP contribution in [0.2, 0.25) is 0 Å². The standard InChI is InChI=1S/C9H9NS/c11-6-8-5-7-3-1-2-4-9(7)10-8/h1-5,10-11H,6H2. The molecule has 0 atom stereocenters. The van der Waals surface area contributed by atoms with E-state index in [4.69, 9.17) is 0 Å². The van der Waals surface area contributed by atoms with Crippen molar-refractivity contribution in [3.05, 3.63) is 36.0 Å². The van der Waals surface area contributed by atoms with E-state index < -0.39 is 0 Å². The average Bonchev–Trinajstić information content (AvgIpc) is 2.46. The molecule has 0 unspecified atom stereocenters. The molecule has 0 bridgehead atoms. The zero-order valence-corrected chi connectivity index (χ0v) is 6.94. The van der Waals surface area contributed by atoms with Gasteiger partial charge in [-0.2, -0.15) is 12.6 Å². The molecule has 0 aliphatic heterocycles. The van der Waals surface area contributed by atoms with Gasteiger partial charge in [0.25, 0.3) is 0 Å². The molecule has 0 saturated heterocycles. The minimum atomic E-state index is 0.773. The normalized spacial score (nSPS) is 10.6. The van der Waals surface area contributed by atoms with Crippen molar-refractivity contribution in [3.63, 3.8) is 0 Å². The van der Waals surface area contributed by atoms with Crippen LogP contribution in [0, 0.1) is 0 Å². The molecule has 1 N–H and O–H groups in total. The van der Waals surface area contributed by atoms with Crippen LogP contribution in [0.3, 0.4) is 0 Å². The van der Waals surface area contributed by atoms with Gasteiger partial charge in [0, 0.05) is 17.0 Å². The molecule has 1 aromatic carbocycles. The predicted octanol–water partition coefficient (Wildman–Crippen LogP) is 2.60. The van der Waals surface area contributed by atoms with Crippen LogP contribution >= 0.6 is 12.6 Å². The van der Waals surface area contributed by atoms with Crippen LogP contribution < -0.4 is 0 Å². The molecule has 2 aromatic rings. The Kier molecular flexibility index (Phi) is 1.62. The van der Waals surface area contributed by atoms with E-state index in [9.17, 15) is 0 Å². The number of fused-ring (bicyclic) bond motifs is 1. The predicted molar refractivity (Wildman–Crippen MR) is 51.0 cm³/mol. The summed E-state index contributed by atoms with van der Waals surface area (Å²) in [7, 11) is 0. The first-order valence-electron chi connectivity index (χ1n) is 3.57. The third-order valence-corrected chi connectivity index (χ3v) is 2.10. The fourth-order valence-electron chi connectivity index (χ4n) is 1.22. The molecular formula is C9H9NS. The van der Waals surface area contributed by atoms with Gasteiger partial charge in [-0.3, -0.25) is 0 Å². The van der Waals surface area contributed by atoms with Gasteiger partial charge in [-0.05, 0) is 17.5 Å². The molecular weight excluding hydrogens is 154 g/mol. The van der Waals surface area contributed by atoms with Gasteiger partial charge in [-0.25, -0.2) is 0 Å². The smallest absolute Gasteiger partial charge is 0.0456 e. The number of benzene rings is 1. The second-order valence-electron chi connectivity index (χ2n) is 2.54. The largest absolute Gasteiger partial charge is 0.358 e. The molecule has 11 heavy (non-hydrogen) atoms. The van der Waals surface area contributed by atoms with Crippen molar-refractivity contribution in [2.45, 2.75) is 5.75 Å². The molecule has 0 fully saturated rings. The summed E-state index contributed by atoms with van der Waals surface area (Å²) in [6.07, 6.45) is 0. The van der Waals surface area contributed by atoms with Crippen molar-refractivity contribution < 1.29 is 0 Å². The summed E-state index contributed by atoms with van der Waals surface area (Å²) in [5, 5.41) is 1.26. The zero-order chi connectivity index (χ0) is 7.68. The van der Waals surface area contributed by atoms with E-state index in [1.54, 1.807) is 0 Å². The number of para-hydroxylation sites is 1. The molecule has 1 aromatic heterocycles. The minimum absolute atomic E-state index is 0.773. The Morgan fingerprint density at radius 2 is 2.09 bits per heavy atom. The summed E-state index contributed by atoms with van der Waals surface area (Å²) in [6.45, 7) is 0. The highest BCUT2D eigenvalue weighted by Crippen LogP contribution is 2.15. The Bertz CT molecular complexity index is 331. The monoisotopic (exact) mass is 163 g/mol. The molecule has 1 heterocycles. The molecule has 1 nitrogen and oxygen atoms in total. The first kappa shape index (κ1) is 6.80. The molecule has 0 spiro atoms. The van der Waals surface area contributed by atoms with Gasteiger partial charge in [0.1, 0.15) is 0 Å². The highest BCUT2D eigenvalue weighted by Gasteiger charge is 1.95. The molecule has 2 rings (SSSR count). The van der Waals surface area contributed by atoms with E-state index in [-0.39, 0.29) is 0 Å². The summed E-state index contributed by atoms with van der Waals surface area (Å²) in [5.41, 5.74) is 2.37. The molecule has 0 radical (unpaired) electrons. The third kappa shape index (κ3) is 1.14. The number of aromatic nitrogens is 1. The van der Waals surface area contributed by atoms with Crippen LogP contribution in [0.25, 0.3) is 10.9 Å². The van der Waals surface area contributed by atoms with Crippen LogP contribution in [0.15, 0.2) is 30.3 Å². The Balaban J connectivity index is 2.69. The first-order valence-corrected chi connectivity index (χ1v) is 4.21. The molecule has 0 amide bonds. The summed E-state index contributed by atoms with van der Waals surface area (Å²) in [5.74, 6) is 0.773. The zero-order valence-electron chi connectivity index (χ0n) is 6.04.